The average molecular weight is 750 g/mol. The maximum atomic E-state index is 5.29. The van der Waals surface area contributed by atoms with Crippen molar-refractivity contribution in [1.29, 1.82) is 0 Å². The molecule has 0 radical (unpaired) electrons. The Morgan fingerprint density at radius 3 is 1.55 bits per heavy atom. The quantitative estimate of drug-likeness (QED) is 0.181. The Labute approximate surface area is 341 Å². The molecule has 3 nitrogen and oxygen atoms in total. The standard InChI is InChI=1S/C55H47N3/c1-53(2)44-16-10-8-14-38(44)41-27-34(19-21-45(41)53)51-56-50(33-12-6-5-7-13-33)57-52(58-51)35-18-20-40-42-29-43-39-15-9-11-17-46(39)55(36-23-31-22-32(25-36)26-37(55)24-31)49(43)30-48(42)54(3,4)47(40)28-35/h5-21,27-32,36-37H,22-26H2,1-4H3. The molecule has 1 heterocycles. The van der Waals surface area contributed by atoms with Crippen LogP contribution in [0.4, 0.5) is 0 Å². The molecule has 0 unspecified atom stereocenters. The van der Waals surface area contributed by atoms with Crippen molar-refractivity contribution < 1.29 is 0 Å². The molecule has 4 saturated carbocycles. The number of aromatic nitrogens is 3. The van der Waals surface area contributed by atoms with Gasteiger partial charge in [0.15, 0.2) is 17.5 Å². The Morgan fingerprint density at radius 2 is 0.845 bits per heavy atom. The Kier molecular flexibility index (Phi) is 6.48. The van der Waals surface area contributed by atoms with Crippen LogP contribution in [0.5, 0.6) is 0 Å². The molecule has 6 aromatic carbocycles. The van der Waals surface area contributed by atoms with Gasteiger partial charge >= 0.3 is 0 Å². The molecule has 7 aliphatic rings. The molecule has 4 fully saturated rings. The van der Waals surface area contributed by atoms with Crippen molar-refractivity contribution >= 4 is 0 Å². The van der Waals surface area contributed by atoms with Crippen LogP contribution in [0.1, 0.15) is 93.2 Å². The normalized spacial score (nSPS) is 25.2. The highest BCUT2D eigenvalue weighted by Crippen LogP contribution is 2.70. The van der Waals surface area contributed by atoms with E-state index >= 15 is 0 Å². The van der Waals surface area contributed by atoms with Gasteiger partial charge in [-0.25, -0.2) is 15.0 Å². The number of hydrogen-bond donors (Lipinski definition) is 0. The molecule has 0 saturated heterocycles. The van der Waals surface area contributed by atoms with E-state index in [1.165, 1.54) is 87.7 Å². The monoisotopic (exact) mass is 749 g/mol. The van der Waals surface area contributed by atoms with Crippen LogP contribution in [0, 0.1) is 23.7 Å². The number of benzene rings is 6. The summed E-state index contributed by atoms with van der Waals surface area (Å²) in [6.45, 7) is 9.54. The highest BCUT2D eigenvalue weighted by atomic mass is 15.0. The van der Waals surface area contributed by atoms with Gasteiger partial charge in [-0.3, -0.25) is 0 Å². The summed E-state index contributed by atoms with van der Waals surface area (Å²) in [6, 6.07) is 47.8. The molecular weight excluding hydrogens is 703 g/mol. The van der Waals surface area contributed by atoms with Gasteiger partial charge in [0, 0.05) is 32.9 Å². The zero-order valence-electron chi connectivity index (χ0n) is 33.8. The molecule has 14 rings (SSSR count). The predicted octanol–water partition coefficient (Wildman–Crippen LogP) is 13.2. The van der Waals surface area contributed by atoms with Crippen LogP contribution in [0.3, 0.4) is 0 Å². The van der Waals surface area contributed by atoms with Crippen molar-refractivity contribution in [2.75, 3.05) is 0 Å². The summed E-state index contributed by atoms with van der Waals surface area (Å²) in [5.41, 5.74) is 20.0. The predicted molar refractivity (Wildman–Crippen MR) is 235 cm³/mol. The summed E-state index contributed by atoms with van der Waals surface area (Å²) in [5.74, 6) is 5.49. The van der Waals surface area contributed by atoms with Crippen LogP contribution in [-0.4, -0.2) is 15.0 Å². The van der Waals surface area contributed by atoms with E-state index in [2.05, 4.69) is 149 Å². The minimum atomic E-state index is -0.171. The molecule has 0 amide bonds. The lowest BCUT2D eigenvalue weighted by Gasteiger charge is -2.61. The highest BCUT2D eigenvalue weighted by Gasteiger charge is 2.62. The van der Waals surface area contributed by atoms with Crippen molar-refractivity contribution in [3.8, 4) is 67.5 Å². The van der Waals surface area contributed by atoms with Gasteiger partial charge in [0.05, 0.1) is 0 Å². The van der Waals surface area contributed by atoms with Crippen molar-refractivity contribution in [1.82, 2.24) is 15.0 Å². The van der Waals surface area contributed by atoms with E-state index in [-0.39, 0.29) is 16.2 Å². The highest BCUT2D eigenvalue weighted by molar-refractivity contribution is 5.92. The summed E-state index contributed by atoms with van der Waals surface area (Å²) in [7, 11) is 0. The van der Waals surface area contributed by atoms with Crippen molar-refractivity contribution in [2.24, 2.45) is 23.7 Å². The van der Waals surface area contributed by atoms with E-state index in [0.717, 1.165) is 40.4 Å². The maximum Gasteiger partial charge on any atom is 0.164 e. The molecule has 0 N–H and O–H groups in total. The van der Waals surface area contributed by atoms with Gasteiger partial charge in [-0.05, 0) is 141 Å². The van der Waals surface area contributed by atoms with Crippen molar-refractivity contribution in [3.05, 3.63) is 161 Å². The first-order valence-electron chi connectivity index (χ1n) is 21.7. The molecule has 1 spiro atoms. The van der Waals surface area contributed by atoms with Crippen molar-refractivity contribution in [2.45, 2.75) is 76.0 Å². The fraction of sp³-hybridized carbons (Fsp3) is 0.291. The second-order valence-corrected chi connectivity index (χ2v) is 19.7. The SMILES string of the molecule is CC1(C)c2ccccc2-c2cc(-c3nc(-c4ccccc4)nc(-c4ccc5c(c4)C(C)(C)c4cc6c(cc4-5)-c4ccccc4C64C5CC6CC(C5)CC4C6)n3)ccc21. The topological polar surface area (TPSA) is 38.7 Å². The van der Waals surface area contributed by atoms with Crippen LogP contribution in [0.15, 0.2) is 127 Å². The lowest BCUT2D eigenvalue weighted by molar-refractivity contribution is -0.0399. The Morgan fingerprint density at radius 1 is 0.362 bits per heavy atom. The molecular formula is C55H47N3. The zero-order chi connectivity index (χ0) is 38.7. The summed E-state index contributed by atoms with van der Waals surface area (Å²) >= 11 is 0. The first kappa shape index (κ1) is 33.3. The maximum absolute atomic E-state index is 5.29. The largest absolute Gasteiger partial charge is 0.208 e. The smallest absolute Gasteiger partial charge is 0.164 e. The molecule has 282 valence electrons. The van der Waals surface area contributed by atoms with Crippen LogP contribution < -0.4 is 0 Å². The van der Waals surface area contributed by atoms with Crippen LogP contribution in [-0.2, 0) is 16.2 Å². The fourth-order valence-electron chi connectivity index (χ4n) is 13.7. The van der Waals surface area contributed by atoms with E-state index in [1.54, 1.807) is 11.1 Å². The van der Waals surface area contributed by atoms with Gasteiger partial charge < -0.3 is 0 Å². The van der Waals surface area contributed by atoms with Gasteiger partial charge in [0.2, 0.25) is 0 Å². The summed E-state index contributed by atoms with van der Waals surface area (Å²) in [5, 5.41) is 0. The number of nitrogens with zero attached hydrogens (tertiary/aromatic N) is 3. The number of fused-ring (bicyclic) bond motifs is 9. The Hall–Kier alpha value is -5.67. The van der Waals surface area contributed by atoms with Gasteiger partial charge in [0.25, 0.3) is 0 Å². The van der Waals surface area contributed by atoms with Gasteiger partial charge in [-0.2, -0.15) is 0 Å². The lowest BCUT2D eigenvalue weighted by atomic mass is 9.43. The Balaban J connectivity index is 0.953. The summed E-state index contributed by atoms with van der Waals surface area (Å²) in [6.07, 6.45) is 7.09. The third kappa shape index (κ3) is 4.22. The molecule has 4 bridgehead atoms. The molecule has 3 heteroatoms. The second kappa shape index (κ2) is 11.3. The first-order chi connectivity index (χ1) is 28.2. The molecule has 0 atom stereocenters. The van der Waals surface area contributed by atoms with Crippen LogP contribution >= 0.6 is 0 Å². The summed E-state index contributed by atoms with van der Waals surface area (Å²) in [4.78, 5) is 15.7. The average Bonchev–Trinajstić information content (AvgIpc) is 3.76. The van der Waals surface area contributed by atoms with E-state index in [9.17, 15) is 0 Å². The number of hydrogen-bond acceptors (Lipinski definition) is 3. The molecule has 1 aromatic heterocycles. The first-order valence-corrected chi connectivity index (χ1v) is 21.7. The van der Waals surface area contributed by atoms with E-state index in [4.69, 9.17) is 15.0 Å². The Bertz CT molecular complexity index is 2890. The summed E-state index contributed by atoms with van der Waals surface area (Å²) < 4.78 is 0. The minimum absolute atomic E-state index is 0.0571. The van der Waals surface area contributed by atoms with Gasteiger partial charge in [-0.15, -0.1) is 0 Å². The lowest BCUT2D eigenvalue weighted by Crippen LogP contribution is -2.55. The van der Waals surface area contributed by atoms with E-state index < -0.39 is 0 Å². The minimum Gasteiger partial charge on any atom is -0.208 e. The molecule has 7 aromatic rings. The van der Waals surface area contributed by atoms with Crippen LogP contribution in [0.2, 0.25) is 0 Å². The third-order valence-electron chi connectivity index (χ3n) is 16.1. The third-order valence-corrected chi connectivity index (χ3v) is 16.1. The van der Waals surface area contributed by atoms with Gasteiger partial charge in [-0.1, -0.05) is 137 Å². The molecule has 7 aliphatic carbocycles. The van der Waals surface area contributed by atoms with Crippen molar-refractivity contribution in [3.63, 3.8) is 0 Å². The van der Waals surface area contributed by atoms with Crippen LogP contribution in [0.25, 0.3) is 67.5 Å². The second-order valence-electron chi connectivity index (χ2n) is 19.7. The van der Waals surface area contributed by atoms with E-state index in [0.29, 0.717) is 17.5 Å². The molecule has 58 heavy (non-hydrogen) atoms. The number of rotatable bonds is 3. The fourth-order valence-corrected chi connectivity index (χ4v) is 13.7. The van der Waals surface area contributed by atoms with Gasteiger partial charge in [0.1, 0.15) is 0 Å². The molecule has 0 aliphatic heterocycles. The van der Waals surface area contributed by atoms with E-state index in [1.807, 2.05) is 6.07 Å². The zero-order valence-corrected chi connectivity index (χ0v) is 33.8.